The fourth-order valence-electron chi connectivity index (χ4n) is 2.81. The topological polar surface area (TPSA) is 56.1 Å². The zero-order valence-corrected chi connectivity index (χ0v) is 14.4. The number of hydrogen-bond acceptors (Lipinski definition) is 3. The van der Waals surface area contributed by atoms with Crippen molar-refractivity contribution in [3.63, 3.8) is 0 Å². The van der Waals surface area contributed by atoms with Gasteiger partial charge in [0.1, 0.15) is 0 Å². The Morgan fingerprint density at radius 2 is 1.87 bits per heavy atom. The molecule has 0 saturated carbocycles. The molecule has 124 valence electrons. The van der Waals surface area contributed by atoms with Crippen LogP contribution in [0.2, 0.25) is 0 Å². The molecule has 23 heavy (non-hydrogen) atoms. The molecule has 4 nitrogen and oxygen atoms in total. The monoisotopic (exact) mass is 313 g/mol. The first kappa shape index (κ1) is 17.5. The van der Waals surface area contributed by atoms with Crippen LogP contribution in [0.5, 0.6) is 0 Å². The van der Waals surface area contributed by atoms with Gasteiger partial charge in [-0.1, -0.05) is 26.0 Å². The molecule has 1 aromatic carbocycles. The van der Waals surface area contributed by atoms with Crippen molar-refractivity contribution in [2.45, 2.75) is 46.2 Å². The van der Waals surface area contributed by atoms with E-state index in [4.69, 9.17) is 5.26 Å². The van der Waals surface area contributed by atoms with Gasteiger partial charge in [-0.25, -0.2) is 0 Å². The third-order valence-electron chi connectivity index (χ3n) is 4.82. The molecule has 2 rings (SSSR count). The maximum absolute atomic E-state index is 12.3. The first-order chi connectivity index (χ1) is 11.0. The normalized spacial score (nSPS) is 17.7. The Morgan fingerprint density at radius 3 is 2.39 bits per heavy atom. The Balaban J connectivity index is 1.79. The molecular formula is C19H27N3O. The molecule has 0 aliphatic carbocycles. The van der Waals surface area contributed by atoms with Crippen LogP contribution in [0.15, 0.2) is 24.3 Å². The lowest BCUT2D eigenvalue weighted by atomic mass is 9.94. The van der Waals surface area contributed by atoms with Gasteiger partial charge in [0.2, 0.25) is 5.91 Å². The van der Waals surface area contributed by atoms with E-state index in [0.717, 1.165) is 32.5 Å². The number of nitriles is 1. The van der Waals surface area contributed by atoms with E-state index >= 15 is 0 Å². The summed E-state index contributed by atoms with van der Waals surface area (Å²) in [5.41, 5.74) is 1.92. The highest BCUT2D eigenvalue weighted by molar-refractivity contribution is 5.79. The predicted molar refractivity (Wildman–Crippen MR) is 91.6 cm³/mol. The molecule has 1 heterocycles. The summed E-state index contributed by atoms with van der Waals surface area (Å²) in [4.78, 5) is 14.7. The molecule has 0 bridgehead atoms. The quantitative estimate of drug-likeness (QED) is 0.909. The molecule has 0 radical (unpaired) electrons. The first-order valence-electron chi connectivity index (χ1n) is 8.51. The summed E-state index contributed by atoms with van der Waals surface area (Å²) >= 11 is 0. The SMILES string of the molecule is CC(C)[C@H](C)NC(=O)C1CCN(Cc2ccc(C#N)cc2)CC1. The van der Waals surface area contributed by atoms with Gasteiger partial charge < -0.3 is 5.32 Å². The Bertz CT molecular complexity index is 551. The molecule has 0 unspecified atom stereocenters. The smallest absolute Gasteiger partial charge is 0.223 e. The molecule has 1 aliphatic rings. The molecule has 0 aromatic heterocycles. The number of hydrogen-bond donors (Lipinski definition) is 1. The Hall–Kier alpha value is -1.86. The van der Waals surface area contributed by atoms with Crippen molar-refractivity contribution in [3.8, 4) is 6.07 Å². The third kappa shape index (κ3) is 5.07. The zero-order chi connectivity index (χ0) is 16.8. The number of benzene rings is 1. The van der Waals surface area contributed by atoms with Gasteiger partial charge in [-0.2, -0.15) is 5.26 Å². The number of carbonyl (C=O) groups excluding carboxylic acids is 1. The van der Waals surface area contributed by atoms with E-state index in [2.05, 4.69) is 37.1 Å². The molecule has 1 atom stereocenters. The number of nitrogens with one attached hydrogen (secondary N) is 1. The molecule has 1 aromatic rings. The van der Waals surface area contributed by atoms with Gasteiger partial charge in [0.25, 0.3) is 0 Å². The minimum atomic E-state index is 0.147. The molecule has 1 amide bonds. The minimum Gasteiger partial charge on any atom is -0.353 e. The molecule has 0 spiro atoms. The van der Waals surface area contributed by atoms with Gasteiger partial charge >= 0.3 is 0 Å². The van der Waals surface area contributed by atoms with E-state index in [9.17, 15) is 4.79 Å². The Morgan fingerprint density at radius 1 is 1.26 bits per heavy atom. The molecule has 1 fully saturated rings. The van der Waals surface area contributed by atoms with Crippen LogP contribution in [-0.2, 0) is 11.3 Å². The summed E-state index contributed by atoms with van der Waals surface area (Å²) < 4.78 is 0. The zero-order valence-electron chi connectivity index (χ0n) is 14.4. The van der Waals surface area contributed by atoms with E-state index in [0.29, 0.717) is 11.5 Å². The van der Waals surface area contributed by atoms with Crippen LogP contribution in [0.3, 0.4) is 0 Å². The van der Waals surface area contributed by atoms with Crippen molar-refractivity contribution in [1.29, 1.82) is 5.26 Å². The van der Waals surface area contributed by atoms with Gasteiger partial charge in [0.15, 0.2) is 0 Å². The van der Waals surface area contributed by atoms with E-state index in [1.165, 1.54) is 5.56 Å². The van der Waals surface area contributed by atoms with E-state index in [-0.39, 0.29) is 17.9 Å². The van der Waals surface area contributed by atoms with Crippen LogP contribution in [0.4, 0.5) is 0 Å². The number of likely N-dealkylation sites (tertiary alicyclic amines) is 1. The number of nitrogens with zero attached hydrogens (tertiary/aromatic N) is 2. The van der Waals surface area contributed by atoms with Crippen LogP contribution >= 0.6 is 0 Å². The number of amides is 1. The summed E-state index contributed by atoms with van der Waals surface area (Å²) in [7, 11) is 0. The van der Waals surface area contributed by atoms with Crippen LogP contribution in [0, 0.1) is 23.2 Å². The van der Waals surface area contributed by atoms with Crippen molar-refractivity contribution < 1.29 is 4.79 Å². The van der Waals surface area contributed by atoms with Crippen molar-refractivity contribution in [1.82, 2.24) is 10.2 Å². The van der Waals surface area contributed by atoms with Crippen LogP contribution in [0.25, 0.3) is 0 Å². The van der Waals surface area contributed by atoms with Crippen molar-refractivity contribution in [3.05, 3.63) is 35.4 Å². The number of rotatable bonds is 5. The fourth-order valence-corrected chi connectivity index (χ4v) is 2.81. The van der Waals surface area contributed by atoms with E-state index < -0.39 is 0 Å². The standard InChI is InChI=1S/C19H27N3O/c1-14(2)15(3)21-19(23)18-8-10-22(11-9-18)13-17-6-4-16(12-20)5-7-17/h4-7,14-15,18H,8-11,13H2,1-3H3,(H,21,23)/t15-/m0/s1. The van der Waals surface area contributed by atoms with E-state index in [1.807, 2.05) is 24.3 Å². The lowest BCUT2D eigenvalue weighted by molar-refractivity contribution is -0.127. The Labute approximate surface area is 139 Å². The molecule has 1 saturated heterocycles. The second-order valence-electron chi connectivity index (χ2n) is 6.90. The van der Waals surface area contributed by atoms with Gasteiger partial charge in [-0.15, -0.1) is 0 Å². The lowest BCUT2D eigenvalue weighted by Crippen LogP contribution is -2.44. The number of carbonyl (C=O) groups is 1. The van der Waals surface area contributed by atoms with Gasteiger partial charge in [0, 0.05) is 18.5 Å². The maximum atomic E-state index is 12.3. The summed E-state index contributed by atoms with van der Waals surface area (Å²) in [6.45, 7) is 9.13. The van der Waals surface area contributed by atoms with Crippen molar-refractivity contribution >= 4 is 5.91 Å². The molecule has 1 N–H and O–H groups in total. The third-order valence-corrected chi connectivity index (χ3v) is 4.82. The summed E-state index contributed by atoms with van der Waals surface area (Å²) in [5.74, 6) is 0.827. The fraction of sp³-hybridized carbons (Fsp3) is 0.579. The van der Waals surface area contributed by atoms with Crippen LogP contribution in [0.1, 0.15) is 44.7 Å². The van der Waals surface area contributed by atoms with Crippen molar-refractivity contribution in [2.75, 3.05) is 13.1 Å². The minimum absolute atomic E-state index is 0.147. The highest BCUT2D eigenvalue weighted by Crippen LogP contribution is 2.20. The van der Waals surface area contributed by atoms with Gasteiger partial charge in [-0.3, -0.25) is 9.69 Å². The largest absolute Gasteiger partial charge is 0.353 e. The first-order valence-corrected chi connectivity index (χ1v) is 8.51. The second-order valence-corrected chi connectivity index (χ2v) is 6.90. The second kappa shape index (κ2) is 8.12. The van der Waals surface area contributed by atoms with Gasteiger partial charge in [0.05, 0.1) is 11.6 Å². The molecule has 4 heteroatoms. The lowest BCUT2D eigenvalue weighted by Gasteiger charge is -2.32. The van der Waals surface area contributed by atoms with Crippen molar-refractivity contribution in [2.24, 2.45) is 11.8 Å². The summed E-state index contributed by atoms with van der Waals surface area (Å²) in [6.07, 6.45) is 1.85. The van der Waals surface area contributed by atoms with Crippen LogP contribution in [-0.4, -0.2) is 29.9 Å². The summed E-state index contributed by atoms with van der Waals surface area (Å²) in [5, 5.41) is 12.0. The summed E-state index contributed by atoms with van der Waals surface area (Å²) in [6, 6.07) is 10.1. The molecular weight excluding hydrogens is 286 g/mol. The molecule has 1 aliphatic heterocycles. The Kier molecular flexibility index (Phi) is 6.18. The average Bonchev–Trinajstić information content (AvgIpc) is 2.56. The average molecular weight is 313 g/mol. The van der Waals surface area contributed by atoms with Crippen LogP contribution < -0.4 is 5.32 Å². The predicted octanol–water partition coefficient (Wildman–Crippen LogP) is 2.93. The maximum Gasteiger partial charge on any atom is 0.223 e. The van der Waals surface area contributed by atoms with Gasteiger partial charge in [-0.05, 0) is 56.5 Å². The number of piperidine rings is 1. The highest BCUT2D eigenvalue weighted by atomic mass is 16.1. The van der Waals surface area contributed by atoms with E-state index in [1.54, 1.807) is 0 Å². The highest BCUT2D eigenvalue weighted by Gasteiger charge is 2.26.